The summed E-state index contributed by atoms with van der Waals surface area (Å²) in [4.78, 5) is 26.9. The van der Waals surface area contributed by atoms with Gasteiger partial charge in [0.1, 0.15) is 12.4 Å². The van der Waals surface area contributed by atoms with Gasteiger partial charge in [-0.25, -0.2) is 9.78 Å². The van der Waals surface area contributed by atoms with Gasteiger partial charge in [-0.3, -0.25) is 4.79 Å². The minimum absolute atomic E-state index is 0.0781. The summed E-state index contributed by atoms with van der Waals surface area (Å²) < 4.78 is 6.46. The number of hydrogen-bond acceptors (Lipinski definition) is 4. The van der Waals surface area contributed by atoms with Crippen molar-refractivity contribution in [1.82, 2.24) is 9.55 Å². The maximum atomic E-state index is 11.5. The Morgan fingerprint density at radius 3 is 2.75 bits per heavy atom. The fraction of sp³-hybridized carbons (Fsp3) is 0.357. The Labute approximate surface area is 116 Å². The lowest BCUT2D eigenvalue weighted by molar-refractivity contribution is -0.141. The van der Waals surface area contributed by atoms with Crippen molar-refractivity contribution >= 4 is 23.0 Å². The van der Waals surface area contributed by atoms with Crippen molar-refractivity contribution in [2.75, 3.05) is 7.11 Å². The molecule has 0 bridgehead atoms. The van der Waals surface area contributed by atoms with E-state index in [0.717, 1.165) is 17.8 Å². The van der Waals surface area contributed by atoms with E-state index in [1.807, 2.05) is 6.92 Å². The van der Waals surface area contributed by atoms with Gasteiger partial charge in [-0.15, -0.1) is 0 Å². The third-order valence-corrected chi connectivity index (χ3v) is 3.06. The second kappa shape index (κ2) is 5.73. The molecule has 1 aromatic carbocycles. The van der Waals surface area contributed by atoms with Gasteiger partial charge in [0.2, 0.25) is 0 Å². The van der Waals surface area contributed by atoms with Gasteiger partial charge in [0.25, 0.3) is 0 Å². The van der Waals surface area contributed by atoms with Gasteiger partial charge in [-0.05, 0) is 24.6 Å². The number of aromatic nitrogens is 2. The number of rotatable bonds is 5. The van der Waals surface area contributed by atoms with Crippen LogP contribution in [-0.2, 0) is 22.5 Å². The molecule has 0 aliphatic carbocycles. The normalized spacial score (nSPS) is 10.7. The first kappa shape index (κ1) is 14.0. The van der Waals surface area contributed by atoms with Crippen molar-refractivity contribution in [1.29, 1.82) is 0 Å². The molecule has 6 nitrogen and oxygen atoms in total. The number of aryl methyl sites for hydroxylation is 1. The molecule has 0 saturated carbocycles. The highest BCUT2D eigenvalue weighted by atomic mass is 16.5. The number of imidazole rings is 1. The quantitative estimate of drug-likeness (QED) is 0.843. The average Bonchev–Trinajstić information content (AvgIpc) is 2.76. The highest BCUT2D eigenvalue weighted by Gasteiger charge is 2.15. The third-order valence-electron chi connectivity index (χ3n) is 3.06. The molecule has 106 valence electrons. The Hall–Kier alpha value is -2.37. The summed E-state index contributed by atoms with van der Waals surface area (Å²) in [5, 5.41) is 9.00. The Morgan fingerprint density at radius 1 is 1.40 bits per heavy atom. The first-order valence-electron chi connectivity index (χ1n) is 6.36. The second-order valence-electron chi connectivity index (χ2n) is 4.45. The third kappa shape index (κ3) is 2.64. The number of carboxylic acids is 1. The summed E-state index contributed by atoms with van der Waals surface area (Å²) in [6, 6.07) is 4.70. The summed E-state index contributed by atoms with van der Waals surface area (Å²) >= 11 is 0. The van der Waals surface area contributed by atoms with Gasteiger partial charge in [0.15, 0.2) is 0 Å². The fourth-order valence-electron chi connectivity index (χ4n) is 2.10. The van der Waals surface area contributed by atoms with Crippen LogP contribution in [0.1, 0.15) is 29.5 Å². The van der Waals surface area contributed by atoms with Crippen LogP contribution in [0.4, 0.5) is 0 Å². The van der Waals surface area contributed by atoms with E-state index in [1.54, 1.807) is 10.6 Å². The number of benzene rings is 1. The van der Waals surface area contributed by atoms with Crippen molar-refractivity contribution < 1.29 is 19.4 Å². The van der Waals surface area contributed by atoms with E-state index in [4.69, 9.17) is 5.11 Å². The number of carbonyl (C=O) groups excluding carboxylic acids is 1. The first-order valence-corrected chi connectivity index (χ1v) is 6.36. The van der Waals surface area contributed by atoms with Crippen LogP contribution >= 0.6 is 0 Å². The molecule has 1 heterocycles. The summed E-state index contributed by atoms with van der Waals surface area (Å²) in [6.07, 6.45) is 1.60. The monoisotopic (exact) mass is 276 g/mol. The van der Waals surface area contributed by atoms with Crippen molar-refractivity contribution in [3.8, 4) is 0 Å². The lowest BCUT2D eigenvalue weighted by Gasteiger charge is -2.07. The molecular weight excluding hydrogens is 260 g/mol. The highest BCUT2D eigenvalue weighted by molar-refractivity contribution is 5.92. The molecule has 0 spiro atoms. The topological polar surface area (TPSA) is 81.4 Å². The average molecular weight is 276 g/mol. The lowest BCUT2D eigenvalue weighted by Crippen LogP contribution is -2.14. The van der Waals surface area contributed by atoms with Crippen LogP contribution in [0.2, 0.25) is 0 Å². The van der Waals surface area contributed by atoms with Crippen molar-refractivity contribution in [3.63, 3.8) is 0 Å². The standard InChI is InChI=1S/C14H16N2O4/c1-3-4-12-15-10-7-9(14(18)19)5-6-11(10)16(12)8-13(17)20-2/h5-7H,3-4,8H2,1-2H3,(H,18,19). The Kier molecular flexibility index (Phi) is 4.02. The minimum Gasteiger partial charge on any atom is -0.478 e. The molecule has 1 aromatic heterocycles. The zero-order valence-electron chi connectivity index (χ0n) is 11.4. The molecule has 1 N–H and O–H groups in total. The molecule has 0 radical (unpaired) electrons. The SMILES string of the molecule is CCCc1nc2cc(C(=O)O)ccc2n1CC(=O)OC. The zero-order valence-corrected chi connectivity index (χ0v) is 11.4. The molecule has 0 atom stereocenters. The van der Waals surface area contributed by atoms with Gasteiger partial charge in [-0.2, -0.15) is 0 Å². The number of aromatic carboxylic acids is 1. The molecule has 0 aliphatic heterocycles. The van der Waals surface area contributed by atoms with Crippen LogP contribution in [0, 0.1) is 0 Å². The maximum Gasteiger partial charge on any atom is 0.335 e. The maximum absolute atomic E-state index is 11.5. The van der Waals surface area contributed by atoms with Crippen LogP contribution in [0.3, 0.4) is 0 Å². The predicted molar refractivity (Wildman–Crippen MR) is 72.7 cm³/mol. The summed E-state index contributed by atoms with van der Waals surface area (Å²) in [7, 11) is 1.34. The van der Waals surface area contributed by atoms with Gasteiger partial charge in [0, 0.05) is 6.42 Å². The molecule has 0 amide bonds. The van der Waals surface area contributed by atoms with Crippen LogP contribution in [0.25, 0.3) is 11.0 Å². The Morgan fingerprint density at radius 2 is 2.15 bits per heavy atom. The summed E-state index contributed by atoms with van der Waals surface area (Å²) in [5.74, 6) is -0.592. The molecule has 2 aromatic rings. The van der Waals surface area contributed by atoms with E-state index in [0.29, 0.717) is 11.9 Å². The zero-order chi connectivity index (χ0) is 14.7. The van der Waals surface area contributed by atoms with Crippen molar-refractivity contribution in [3.05, 3.63) is 29.6 Å². The number of fused-ring (bicyclic) bond motifs is 1. The molecule has 0 saturated heterocycles. The number of carboxylic acid groups (broad SMARTS) is 1. The van der Waals surface area contributed by atoms with Crippen molar-refractivity contribution in [2.45, 2.75) is 26.3 Å². The van der Waals surface area contributed by atoms with Crippen LogP contribution in [-0.4, -0.2) is 33.7 Å². The lowest BCUT2D eigenvalue weighted by atomic mass is 10.2. The highest BCUT2D eigenvalue weighted by Crippen LogP contribution is 2.19. The molecular formula is C14H16N2O4. The molecule has 0 unspecified atom stereocenters. The van der Waals surface area contributed by atoms with Crippen molar-refractivity contribution in [2.24, 2.45) is 0 Å². The molecule has 2 rings (SSSR count). The number of nitrogens with zero attached hydrogens (tertiary/aromatic N) is 2. The van der Waals surface area contributed by atoms with E-state index >= 15 is 0 Å². The largest absolute Gasteiger partial charge is 0.478 e. The van der Waals surface area contributed by atoms with Crippen LogP contribution < -0.4 is 0 Å². The Bertz CT molecular complexity index is 660. The van der Waals surface area contributed by atoms with Crippen LogP contribution in [0.5, 0.6) is 0 Å². The first-order chi connectivity index (χ1) is 9.56. The van der Waals surface area contributed by atoms with E-state index < -0.39 is 5.97 Å². The van der Waals surface area contributed by atoms with Gasteiger partial charge in [-0.1, -0.05) is 6.92 Å². The van der Waals surface area contributed by atoms with E-state index in [-0.39, 0.29) is 18.1 Å². The molecule has 20 heavy (non-hydrogen) atoms. The number of hydrogen-bond donors (Lipinski definition) is 1. The number of ether oxygens (including phenoxy) is 1. The molecule has 0 aliphatic rings. The summed E-state index contributed by atoms with van der Waals surface area (Å²) in [5.41, 5.74) is 1.50. The minimum atomic E-state index is -0.994. The molecule has 6 heteroatoms. The van der Waals surface area contributed by atoms with E-state index in [1.165, 1.54) is 19.2 Å². The number of carbonyl (C=O) groups is 2. The Balaban J connectivity index is 2.54. The smallest absolute Gasteiger partial charge is 0.335 e. The predicted octanol–water partition coefficient (Wildman–Crippen LogP) is 1.86. The van der Waals surface area contributed by atoms with Gasteiger partial charge in [0.05, 0.1) is 23.7 Å². The fourth-order valence-corrected chi connectivity index (χ4v) is 2.10. The van der Waals surface area contributed by atoms with E-state index in [9.17, 15) is 9.59 Å². The van der Waals surface area contributed by atoms with Crippen LogP contribution in [0.15, 0.2) is 18.2 Å². The van der Waals surface area contributed by atoms with Gasteiger partial charge >= 0.3 is 11.9 Å². The van der Waals surface area contributed by atoms with E-state index in [2.05, 4.69) is 9.72 Å². The number of esters is 1. The van der Waals surface area contributed by atoms with Gasteiger partial charge < -0.3 is 14.4 Å². The summed E-state index contributed by atoms with van der Waals surface area (Å²) in [6.45, 7) is 2.10. The second-order valence-corrected chi connectivity index (χ2v) is 4.45. The number of methoxy groups -OCH3 is 1. The molecule has 0 fully saturated rings.